The molecule has 0 saturated carbocycles. The van der Waals surface area contributed by atoms with Gasteiger partial charge in [-0.3, -0.25) is 19.4 Å². The largest absolute Gasteiger partial charge is 0.491 e. The van der Waals surface area contributed by atoms with Crippen LogP contribution in [0.5, 0.6) is 5.75 Å². The molecule has 2 aromatic carbocycles. The van der Waals surface area contributed by atoms with Crippen LogP contribution in [0.4, 0.5) is 0 Å². The topological polar surface area (TPSA) is 97.8 Å². The molecule has 2 amide bonds. The number of nitrogens with one attached hydrogen (secondary N) is 1. The maximum Gasteiger partial charge on any atom is 0.308 e. The molecule has 1 aliphatic rings. The van der Waals surface area contributed by atoms with E-state index in [-0.39, 0.29) is 30.6 Å². The fraction of sp³-hybridized carbons (Fsp3) is 0.310. The molecule has 8 heteroatoms. The molecule has 4 rings (SSSR count). The lowest BCUT2D eigenvalue weighted by Crippen LogP contribution is -2.32. The van der Waals surface area contributed by atoms with Crippen molar-refractivity contribution in [1.82, 2.24) is 15.2 Å². The summed E-state index contributed by atoms with van der Waals surface area (Å²) in [7, 11) is 0. The van der Waals surface area contributed by atoms with Crippen LogP contribution >= 0.6 is 0 Å². The number of carbonyl (C=O) groups excluding carboxylic acids is 3. The Bertz CT molecular complexity index is 1260. The summed E-state index contributed by atoms with van der Waals surface area (Å²) in [5.41, 5.74) is 3.10. The van der Waals surface area contributed by atoms with Crippen LogP contribution in [0.2, 0.25) is 0 Å². The standard InChI is InChI=1S/C29H31N3O5/c1-4-36-26(33)15-25(21-10-12-23(13-11-21)37-19(2)3)31-28(34)24-9-5-8-22-18-32(29(35)27(22)24)17-20-7-6-14-30-16-20/h5-14,16,19,25H,4,15,17-18H2,1-3H3,(H,31,34)/t25-/m0/s1. The highest BCUT2D eigenvalue weighted by Crippen LogP contribution is 2.29. The molecule has 8 nitrogen and oxygen atoms in total. The van der Waals surface area contributed by atoms with Crippen LogP contribution in [0.1, 0.15) is 70.6 Å². The second kappa shape index (κ2) is 11.7. The molecular formula is C29H31N3O5. The van der Waals surface area contributed by atoms with Gasteiger partial charge in [0.25, 0.3) is 11.8 Å². The molecule has 0 radical (unpaired) electrons. The van der Waals surface area contributed by atoms with E-state index in [9.17, 15) is 14.4 Å². The zero-order valence-corrected chi connectivity index (χ0v) is 21.3. The quantitative estimate of drug-likeness (QED) is 0.412. The van der Waals surface area contributed by atoms with Gasteiger partial charge in [0.2, 0.25) is 0 Å². The van der Waals surface area contributed by atoms with Crippen LogP contribution < -0.4 is 10.1 Å². The number of pyridine rings is 1. The van der Waals surface area contributed by atoms with Gasteiger partial charge in [-0.05, 0) is 61.7 Å². The van der Waals surface area contributed by atoms with Gasteiger partial charge in [-0.1, -0.05) is 30.3 Å². The van der Waals surface area contributed by atoms with Gasteiger partial charge >= 0.3 is 5.97 Å². The van der Waals surface area contributed by atoms with Crippen LogP contribution in [-0.2, 0) is 22.6 Å². The minimum atomic E-state index is -0.640. The van der Waals surface area contributed by atoms with E-state index in [1.54, 1.807) is 48.5 Å². The molecule has 192 valence electrons. The molecule has 1 aromatic heterocycles. The van der Waals surface area contributed by atoms with Gasteiger partial charge in [0, 0.05) is 25.5 Å². The van der Waals surface area contributed by atoms with Crippen LogP contribution in [0.25, 0.3) is 0 Å². The van der Waals surface area contributed by atoms with E-state index in [1.807, 2.05) is 44.2 Å². The van der Waals surface area contributed by atoms with E-state index in [4.69, 9.17) is 9.47 Å². The number of nitrogens with zero attached hydrogens (tertiary/aromatic N) is 2. The van der Waals surface area contributed by atoms with Crippen molar-refractivity contribution in [3.05, 3.63) is 94.8 Å². The van der Waals surface area contributed by atoms with Gasteiger partial charge in [-0.15, -0.1) is 0 Å². The third-order valence-electron chi connectivity index (χ3n) is 5.99. The number of fused-ring (bicyclic) bond motifs is 1. The highest BCUT2D eigenvalue weighted by molar-refractivity contribution is 6.09. The van der Waals surface area contributed by atoms with Crippen molar-refractivity contribution in [2.24, 2.45) is 0 Å². The van der Waals surface area contributed by atoms with Gasteiger partial charge < -0.3 is 19.7 Å². The third-order valence-corrected chi connectivity index (χ3v) is 5.99. The zero-order chi connectivity index (χ0) is 26.4. The molecule has 0 unspecified atom stereocenters. The molecule has 0 saturated heterocycles. The van der Waals surface area contributed by atoms with E-state index < -0.39 is 17.9 Å². The Labute approximate surface area is 216 Å². The Morgan fingerprint density at radius 3 is 2.54 bits per heavy atom. The average Bonchev–Trinajstić information content (AvgIpc) is 3.19. The van der Waals surface area contributed by atoms with E-state index in [0.717, 1.165) is 16.7 Å². The van der Waals surface area contributed by atoms with Crippen LogP contribution in [0.3, 0.4) is 0 Å². The Morgan fingerprint density at radius 2 is 1.86 bits per heavy atom. The lowest BCUT2D eigenvalue weighted by Gasteiger charge is -2.20. The fourth-order valence-electron chi connectivity index (χ4n) is 4.37. The number of aromatic nitrogens is 1. The fourth-order valence-corrected chi connectivity index (χ4v) is 4.37. The van der Waals surface area contributed by atoms with Crippen molar-refractivity contribution in [2.75, 3.05) is 6.61 Å². The first-order valence-corrected chi connectivity index (χ1v) is 12.4. The highest BCUT2D eigenvalue weighted by atomic mass is 16.5. The summed E-state index contributed by atoms with van der Waals surface area (Å²) in [6.07, 6.45) is 3.39. The minimum absolute atomic E-state index is 0.0244. The van der Waals surface area contributed by atoms with E-state index in [0.29, 0.717) is 24.4 Å². The van der Waals surface area contributed by atoms with E-state index in [1.165, 1.54) is 0 Å². The van der Waals surface area contributed by atoms with Crippen LogP contribution in [0.15, 0.2) is 67.0 Å². The number of hydrogen-bond acceptors (Lipinski definition) is 6. The van der Waals surface area contributed by atoms with Crippen LogP contribution in [0, 0.1) is 0 Å². The molecule has 1 N–H and O–H groups in total. The second-order valence-electron chi connectivity index (χ2n) is 9.13. The smallest absolute Gasteiger partial charge is 0.308 e. The monoisotopic (exact) mass is 501 g/mol. The number of esters is 1. The van der Waals surface area contributed by atoms with Gasteiger partial charge in [0.15, 0.2) is 0 Å². The second-order valence-corrected chi connectivity index (χ2v) is 9.13. The Kier molecular flexibility index (Phi) is 8.18. The molecule has 0 bridgehead atoms. The summed E-state index contributed by atoms with van der Waals surface area (Å²) in [4.78, 5) is 45.0. The lowest BCUT2D eigenvalue weighted by atomic mass is 10.00. The van der Waals surface area contributed by atoms with Crippen molar-refractivity contribution in [3.63, 3.8) is 0 Å². The number of ether oxygens (including phenoxy) is 2. The Hall–Kier alpha value is -4.20. The van der Waals surface area contributed by atoms with Gasteiger partial charge in [0.05, 0.1) is 36.3 Å². The summed E-state index contributed by atoms with van der Waals surface area (Å²) in [6.45, 7) is 6.67. The highest BCUT2D eigenvalue weighted by Gasteiger charge is 2.32. The summed E-state index contributed by atoms with van der Waals surface area (Å²) in [5, 5.41) is 2.95. The van der Waals surface area contributed by atoms with Crippen molar-refractivity contribution in [2.45, 2.75) is 52.4 Å². The van der Waals surface area contributed by atoms with Crippen molar-refractivity contribution in [3.8, 4) is 5.75 Å². The number of rotatable bonds is 10. The number of carbonyl (C=O) groups is 3. The SMILES string of the molecule is CCOC(=O)C[C@H](NC(=O)c1cccc2c1C(=O)N(Cc1cccnc1)C2)c1ccc(OC(C)C)cc1. The Balaban J connectivity index is 1.56. The zero-order valence-electron chi connectivity index (χ0n) is 21.3. The molecular weight excluding hydrogens is 470 g/mol. The first-order valence-electron chi connectivity index (χ1n) is 12.4. The molecule has 0 aliphatic carbocycles. The number of amides is 2. The maximum absolute atomic E-state index is 13.5. The van der Waals surface area contributed by atoms with Crippen molar-refractivity contribution in [1.29, 1.82) is 0 Å². The third kappa shape index (κ3) is 6.33. The molecule has 2 heterocycles. The van der Waals surface area contributed by atoms with Gasteiger partial charge in [-0.2, -0.15) is 0 Å². The first kappa shape index (κ1) is 25.9. The summed E-state index contributed by atoms with van der Waals surface area (Å²) < 4.78 is 10.8. The molecule has 0 spiro atoms. The van der Waals surface area contributed by atoms with Gasteiger partial charge in [-0.25, -0.2) is 0 Å². The Morgan fingerprint density at radius 1 is 1.08 bits per heavy atom. The van der Waals surface area contributed by atoms with Crippen molar-refractivity contribution < 1.29 is 23.9 Å². The molecule has 1 atom stereocenters. The average molecular weight is 502 g/mol. The lowest BCUT2D eigenvalue weighted by molar-refractivity contribution is -0.143. The summed E-state index contributed by atoms with van der Waals surface area (Å²) in [5.74, 6) is -0.362. The van der Waals surface area contributed by atoms with Gasteiger partial charge in [0.1, 0.15) is 5.75 Å². The van der Waals surface area contributed by atoms with E-state index in [2.05, 4.69) is 10.3 Å². The normalized spacial score (nSPS) is 13.3. The first-order chi connectivity index (χ1) is 17.9. The number of benzene rings is 2. The molecule has 37 heavy (non-hydrogen) atoms. The summed E-state index contributed by atoms with van der Waals surface area (Å²) in [6, 6.07) is 15.6. The summed E-state index contributed by atoms with van der Waals surface area (Å²) >= 11 is 0. The molecule has 1 aliphatic heterocycles. The predicted octanol–water partition coefficient (Wildman–Crippen LogP) is 4.45. The number of hydrogen-bond donors (Lipinski definition) is 1. The predicted molar refractivity (Wildman–Crippen MR) is 138 cm³/mol. The molecule has 0 fully saturated rings. The maximum atomic E-state index is 13.5. The van der Waals surface area contributed by atoms with Crippen molar-refractivity contribution >= 4 is 17.8 Å². The van der Waals surface area contributed by atoms with Crippen LogP contribution in [-0.4, -0.2) is 40.4 Å². The van der Waals surface area contributed by atoms with E-state index >= 15 is 0 Å². The minimum Gasteiger partial charge on any atom is -0.491 e. The molecule has 3 aromatic rings.